The van der Waals surface area contributed by atoms with Gasteiger partial charge < -0.3 is 4.74 Å². The average Bonchev–Trinajstić information content (AvgIpc) is 2.48. The van der Waals surface area contributed by atoms with Crippen LogP contribution in [0.1, 0.15) is 18.7 Å². The van der Waals surface area contributed by atoms with Gasteiger partial charge in [0.1, 0.15) is 6.54 Å². The van der Waals surface area contributed by atoms with Crippen LogP contribution >= 0.6 is 0 Å². The van der Waals surface area contributed by atoms with Crippen LogP contribution in [0.3, 0.4) is 0 Å². The van der Waals surface area contributed by atoms with Crippen LogP contribution in [0.25, 0.3) is 0 Å². The number of nitrogens with zero attached hydrogens (tertiary/aromatic N) is 2. The van der Waals surface area contributed by atoms with E-state index < -0.39 is 18.8 Å². The fourth-order valence-electron chi connectivity index (χ4n) is 1.04. The molecule has 14 heavy (non-hydrogen) atoms. The molecule has 1 atom stereocenters. The van der Waals surface area contributed by atoms with Crippen molar-refractivity contribution >= 4 is 0 Å². The van der Waals surface area contributed by atoms with Crippen LogP contribution in [0, 0.1) is 6.07 Å². The van der Waals surface area contributed by atoms with Gasteiger partial charge in [-0.2, -0.15) is 18.3 Å². The highest BCUT2D eigenvalue weighted by Gasteiger charge is 2.30. The first kappa shape index (κ1) is 11.0. The normalized spacial score (nSPS) is 14.4. The van der Waals surface area contributed by atoms with Gasteiger partial charge >= 0.3 is 6.18 Å². The van der Waals surface area contributed by atoms with Crippen molar-refractivity contribution in [2.45, 2.75) is 25.7 Å². The van der Waals surface area contributed by atoms with E-state index in [1.807, 2.05) is 0 Å². The van der Waals surface area contributed by atoms with E-state index >= 15 is 0 Å². The van der Waals surface area contributed by atoms with E-state index in [0.29, 0.717) is 5.69 Å². The van der Waals surface area contributed by atoms with Crippen molar-refractivity contribution in [3.63, 3.8) is 0 Å². The molecular formula is C8H10F3N2O. The van der Waals surface area contributed by atoms with Crippen molar-refractivity contribution in [3.05, 3.63) is 18.0 Å². The first-order valence-electron chi connectivity index (χ1n) is 3.97. The van der Waals surface area contributed by atoms with Crippen molar-refractivity contribution in [1.82, 2.24) is 9.78 Å². The molecule has 0 amide bonds. The summed E-state index contributed by atoms with van der Waals surface area (Å²) in [6.07, 6.45) is -3.52. The number of aromatic nitrogens is 2. The van der Waals surface area contributed by atoms with Gasteiger partial charge in [-0.25, -0.2) is 0 Å². The number of alkyl halides is 3. The monoisotopic (exact) mass is 207 g/mol. The molecule has 1 radical (unpaired) electrons. The largest absolute Gasteiger partial charge is 0.408 e. The molecule has 1 aromatic heterocycles. The number of hydrogen-bond donors (Lipinski definition) is 0. The fourth-order valence-corrected chi connectivity index (χ4v) is 1.04. The molecule has 0 N–H and O–H groups in total. The Balaban J connectivity index is 2.82. The van der Waals surface area contributed by atoms with Crippen LogP contribution in [-0.2, 0) is 11.3 Å². The number of rotatable bonds is 3. The van der Waals surface area contributed by atoms with Gasteiger partial charge in [-0.05, 0) is 6.92 Å². The Morgan fingerprint density at radius 1 is 1.64 bits per heavy atom. The smallest absolute Gasteiger partial charge is 0.375 e. The highest BCUT2D eigenvalue weighted by molar-refractivity contribution is 5.01. The lowest BCUT2D eigenvalue weighted by Crippen LogP contribution is -2.21. The Bertz CT molecular complexity index is 295. The third-order valence-corrected chi connectivity index (χ3v) is 1.76. The number of halogens is 3. The molecule has 0 aromatic carbocycles. The second-order valence-corrected chi connectivity index (χ2v) is 2.82. The second-order valence-electron chi connectivity index (χ2n) is 2.82. The molecule has 0 saturated heterocycles. The third-order valence-electron chi connectivity index (χ3n) is 1.76. The lowest BCUT2D eigenvalue weighted by atomic mass is 10.3. The van der Waals surface area contributed by atoms with Gasteiger partial charge in [0.05, 0.1) is 18.0 Å². The third kappa shape index (κ3) is 2.73. The zero-order valence-electron chi connectivity index (χ0n) is 7.80. The Hall–Kier alpha value is -1.04. The Kier molecular flexibility index (Phi) is 3.15. The maximum absolute atomic E-state index is 12.1. The minimum atomic E-state index is -4.28. The molecule has 0 aliphatic carbocycles. The molecule has 1 aromatic rings. The van der Waals surface area contributed by atoms with Crippen LogP contribution in [0.5, 0.6) is 0 Å². The van der Waals surface area contributed by atoms with Crippen LogP contribution in [0.2, 0.25) is 0 Å². The summed E-state index contributed by atoms with van der Waals surface area (Å²) in [5.41, 5.74) is 0.296. The van der Waals surface area contributed by atoms with Crippen molar-refractivity contribution in [2.24, 2.45) is 0 Å². The first-order valence-corrected chi connectivity index (χ1v) is 3.97. The van der Waals surface area contributed by atoms with E-state index in [-0.39, 0.29) is 0 Å². The van der Waals surface area contributed by atoms with Gasteiger partial charge in [0.2, 0.25) is 0 Å². The Labute approximate surface area is 79.5 Å². The Morgan fingerprint density at radius 3 is 2.79 bits per heavy atom. The molecule has 0 saturated carbocycles. The van der Waals surface area contributed by atoms with E-state index in [2.05, 4.69) is 11.2 Å². The summed E-state index contributed by atoms with van der Waals surface area (Å²) < 4.78 is 41.9. The van der Waals surface area contributed by atoms with Gasteiger partial charge in [0, 0.05) is 13.2 Å². The van der Waals surface area contributed by atoms with E-state index in [1.54, 1.807) is 6.92 Å². The van der Waals surface area contributed by atoms with Gasteiger partial charge in [0.15, 0.2) is 0 Å². The summed E-state index contributed by atoms with van der Waals surface area (Å²) >= 11 is 0. The maximum atomic E-state index is 12.1. The molecule has 6 heteroatoms. The molecule has 3 nitrogen and oxygen atoms in total. The summed E-state index contributed by atoms with van der Waals surface area (Å²) in [6.45, 7) is 0.528. The molecule has 0 fully saturated rings. The van der Waals surface area contributed by atoms with Crippen molar-refractivity contribution in [3.8, 4) is 0 Å². The summed E-state index contributed by atoms with van der Waals surface area (Å²) in [5.74, 6) is 0. The highest BCUT2D eigenvalue weighted by Crippen LogP contribution is 2.21. The van der Waals surface area contributed by atoms with E-state index in [9.17, 15) is 13.2 Å². The molecule has 1 rings (SSSR count). The first-order chi connectivity index (χ1) is 6.44. The SMILES string of the molecule is COC(C)c1[c]cnn1CC(F)(F)F. The predicted octanol–water partition coefficient (Wildman–Crippen LogP) is 1.95. The second kappa shape index (κ2) is 4.00. The van der Waals surface area contributed by atoms with Crippen molar-refractivity contribution < 1.29 is 17.9 Å². The standard InChI is InChI=1S/C8H10F3N2O/c1-6(14-2)7-3-4-12-13(7)5-8(9,10)11/h4,6H,5H2,1-2H3. The number of ether oxygens (including phenoxy) is 1. The quantitative estimate of drug-likeness (QED) is 0.757. The predicted molar refractivity (Wildman–Crippen MR) is 42.5 cm³/mol. The Morgan fingerprint density at radius 2 is 2.29 bits per heavy atom. The molecule has 0 aliphatic heterocycles. The lowest BCUT2D eigenvalue weighted by molar-refractivity contribution is -0.143. The zero-order chi connectivity index (χ0) is 10.8. The summed E-state index contributed by atoms with van der Waals surface area (Å²) in [6, 6.07) is 2.61. The molecule has 1 heterocycles. The van der Waals surface area contributed by atoms with E-state index in [4.69, 9.17) is 4.74 Å². The molecule has 79 valence electrons. The average molecular weight is 207 g/mol. The van der Waals surface area contributed by atoms with Crippen LogP contribution in [0.15, 0.2) is 6.20 Å². The minimum Gasteiger partial charge on any atom is -0.375 e. The van der Waals surface area contributed by atoms with Gasteiger partial charge in [0.25, 0.3) is 0 Å². The van der Waals surface area contributed by atoms with Gasteiger partial charge in [-0.15, -0.1) is 0 Å². The molecule has 1 unspecified atom stereocenters. The van der Waals surface area contributed by atoms with Crippen LogP contribution in [0.4, 0.5) is 13.2 Å². The maximum Gasteiger partial charge on any atom is 0.408 e. The van der Waals surface area contributed by atoms with Gasteiger partial charge in [-0.1, -0.05) is 0 Å². The molecule has 0 spiro atoms. The minimum absolute atomic E-state index is 0.296. The zero-order valence-corrected chi connectivity index (χ0v) is 7.80. The topological polar surface area (TPSA) is 27.1 Å². The van der Waals surface area contributed by atoms with Crippen molar-refractivity contribution in [2.75, 3.05) is 7.11 Å². The molecule has 0 aliphatic rings. The summed E-state index contributed by atoms with van der Waals surface area (Å²) in [5, 5.41) is 3.53. The van der Waals surface area contributed by atoms with Crippen molar-refractivity contribution in [1.29, 1.82) is 0 Å². The van der Waals surface area contributed by atoms with Gasteiger partial charge in [-0.3, -0.25) is 4.68 Å². The molecular weight excluding hydrogens is 197 g/mol. The summed E-state index contributed by atoms with van der Waals surface area (Å²) in [4.78, 5) is 0. The molecule has 0 bridgehead atoms. The van der Waals surface area contributed by atoms with Crippen LogP contribution in [-0.4, -0.2) is 23.1 Å². The van der Waals surface area contributed by atoms with E-state index in [0.717, 1.165) is 4.68 Å². The van der Waals surface area contributed by atoms with Crippen LogP contribution < -0.4 is 0 Å². The number of hydrogen-bond acceptors (Lipinski definition) is 2. The fraction of sp³-hybridized carbons (Fsp3) is 0.625. The number of methoxy groups -OCH3 is 1. The van der Waals surface area contributed by atoms with E-state index in [1.165, 1.54) is 13.3 Å². The summed E-state index contributed by atoms with van der Waals surface area (Å²) in [7, 11) is 1.42. The lowest BCUT2D eigenvalue weighted by Gasteiger charge is -2.13. The highest BCUT2D eigenvalue weighted by atomic mass is 19.4.